The van der Waals surface area contributed by atoms with E-state index in [4.69, 9.17) is 5.26 Å². The van der Waals surface area contributed by atoms with E-state index in [1.165, 1.54) is 6.07 Å². The Morgan fingerprint density at radius 2 is 2.14 bits per heavy atom. The largest absolute Gasteiger partial charge is 0.419 e. The SMILES string of the molecule is N#Cc1n[n]([AlH2])c(=O)cc1C(F)(F)F. The van der Waals surface area contributed by atoms with Crippen molar-refractivity contribution in [2.24, 2.45) is 0 Å². The molecule has 72 valence electrons. The molecule has 1 rings (SSSR count). The molecule has 1 aromatic rings. The van der Waals surface area contributed by atoms with Gasteiger partial charge in [0.05, 0.1) is 5.56 Å². The van der Waals surface area contributed by atoms with Crippen molar-refractivity contribution in [3.05, 3.63) is 27.7 Å². The minimum absolute atomic E-state index is 0.139. The van der Waals surface area contributed by atoms with E-state index in [0.717, 1.165) is 3.67 Å². The maximum absolute atomic E-state index is 12.2. The van der Waals surface area contributed by atoms with Gasteiger partial charge < -0.3 is 3.67 Å². The average molecular weight is 217 g/mol. The van der Waals surface area contributed by atoms with E-state index in [0.29, 0.717) is 6.07 Å². The lowest BCUT2D eigenvalue weighted by molar-refractivity contribution is -0.138. The molecule has 0 aliphatic rings. The summed E-state index contributed by atoms with van der Waals surface area (Å²) in [6.07, 6.45) is -4.72. The third-order valence-electron chi connectivity index (χ3n) is 1.50. The van der Waals surface area contributed by atoms with E-state index in [1.54, 1.807) is 0 Å². The van der Waals surface area contributed by atoms with Crippen LogP contribution < -0.4 is 5.56 Å². The monoisotopic (exact) mass is 217 g/mol. The van der Waals surface area contributed by atoms with Crippen LogP contribution in [0.3, 0.4) is 0 Å². The molecule has 14 heavy (non-hydrogen) atoms. The summed E-state index contributed by atoms with van der Waals surface area (Å²) in [4.78, 5) is 10.9. The number of aromatic nitrogens is 2. The molecule has 0 aromatic carbocycles. The lowest BCUT2D eigenvalue weighted by atomic mass is 10.2. The van der Waals surface area contributed by atoms with Gasteiger partial charge in [-0.05, 0) is 0 Å². The number of halogens is 3. The molecule has 0 saturated carbocycles. The zero-order valence-electron chi connectivity index (χ0n) is 6.96. The van der Waals surface area contributed by atoms with Gasteiger partial charge in [0.1, 0.15) is 6.07 Å². The lowest BCUT2D eigenvalue weighted by Crippen LogP contribution is -2.25. The predicted octanol–water partition coefficient (Wildman–Crippen LogP) is -0.470. The number of nitriles is 1. The van der Waals surface area contributed by atoms with Gasteiger partial charge in [0.15, 0.2) is 5.69 Å². The fourth-order valence-corrected chi connectivity index (χ4v) is 1.17. The smallest absolute Gasteiger partial charge is 0.336 e. The summed E-state index contributed by atoms with van der Waals surface area (Å²) in [6, 6.07) is 1.69. The van der Waals surface area contributed by atoms with Crippen LogP contribution in [0.25, 0.3) is 0 Å². The molecule has 0 bridgehead atoms. The van der Waals surface area contributed by atoms with Crippen LogP contribution in [0.15, 0.2) is 10.9 Å². The average Bonchev–Trinajstić information content (AvgIpc) is 2.07. The molecule has 0 spiro atoms. The van der Waals surface area contributed by atoms with Crippen LogP contribution >= 0.6 is 0 Å². The first-order valence-corrected chi connectivity index (χ1v) is 4.31. The van der Waals surface area contributed by atoms with Crippen molar-refractivity contribution >= 4 is 16.5 Å². The Kier molecular flexibility index (Phi) is 2.65. The van der Waals surface area contributed by atoms with E-state index in [1.807, 2.05) is 0 Å². The number of hydrogen-bond donors (Lipinski definition) is 0. The van der Waals surface area contributed by atoms with E-state index in [2.05, 4.69) is 5.10 Å². The van der Waals surface area contributed by atoms with Crippen LogP contribution in [-0.4, -0.2) is 25.3 Å². The molecule has 0 atom stereocenters. The van der Waals surface area contributed by atoms with Gasteiger partial charge in [-0.1, -0.05) is 0 Å². The Balaban J connectivity index is 3.53. The van der Waals surface area contributed by atoms with Crippen LogP contribution in [0.2, 0.25) is 0 Å². The molecule has 0 N–H and O–H groups in total. The lowest BCUT2D eigenvalue weighted by Gasteiger charge is -2.08. The van der Waals surface area contributed by atoms with Crippen molar-refractivity contribution in [2.45, 2.75) is 6.18 Å². The zero-order valence-corrected chi connectivity index (χ0v) is 8.96. The standard InChI is InChI=1S/C6H2F3N3O.Al.2H/c7-6(8,9)3-1-5(13)12-11-4(3)2-10;;;/h1H,(H,12,13);;;/q;+1;;/p-1. The van der Waals surface area contributed by atoms with E-state index >= 15 is 0 Å². The van der Waals surface area contributed by atoms with Gasteiger partial charge in [-0.25, -0.2) is 0 Å². The minimum atomic E-state index is -4.72. The van der Waals surface area contributed by atoms with Crippen LogP contribution in [-0.2, 0) is 6.18 Å². The van der Waals surface area contributed by atoms with Gasteiger partial charge in [-0.15, -0.1) is 0 Å². The summed E-state index contributed by atoms with van der Waals surface area (Å²) < 4.78 is 37.5. The van der Waals surface area contributed by atoms with Gasteiger partial charge in [0.25, 0.3) is 0 Å². The van der Waals surface area contributed by atoms with Crippen molar-refractivity contribution in [3.63, 3.8) is 0 Å². The second kappa shape index (κ2) is 3.45. The van der Waals surface area contributed by atoms with Crippen LogP contribution in [0, 0.1) is 11.3 Å². The zero-order chi connectivity index (χ0) is 10.9. The molecule has 0 saturated heterocycles. The predicted molar refractivity (Wildman–Crippen MR) is 42.2 cm³/mol. The Morgan fingerprint density at radius 1 is 1.57 bits per heavy atom. The second-order valence-electron chi connectivity index (χ2n) is 2.48. The molecule has 8 heteroatoms. The van der Waals surface area contributed by atoms with Gasteiger partial charge in [0.2, 0.25) is 5.56 Å². The van der Waals surface area contributed by atoms with Crippen molar-refractivity contribution < 1.29 is 13.2 Å². The highest BCUT2D eigenvalue weighted by Gasteiger charge is 2.35. The molecular weight excluding hydrogens is 214 g/mol. The normalized spacial score (nSPS) is 11.0. The fraction of sp³-hybridized carbons (Fsp3) is 0.167. The Morgan fingerprint density at radius 3 is 2.57 bits per heavy atom. The molecule has 0 aliphatic heterocycles. The molecule has 1 aromatic heterocycles. The highest BCUT2D eigenvalue weighted by atomic mass is 27.1. The maximum atomic E-state index is 12.2. The van der Waals surface area contributed by atoms with Gasteiger partial charge in [-0.3, -0.25) is 4.79 Å². The number of rotatable bonds is 0. The minimum Gasteiger partial charge on any atom is -0.336 e. The summed E-state index contributed by atoms with van der Waals surface area (Å²) in [5.41, 5.74) is -2.90. The maximum Gasteiger partial charge on any atom is 0.419 e. The summed E-state index contributed by atoms with van der Waals surface area (Å²) >= 11 is 0.139. The molecule has 0 radical (unpaired) electrons. The number of hydrogen-bond acceptors (Lipinski definition) is 3. The summed E-state index contributed by atoms with van der Waals surface area (Å²) in [7, 11) is 0. The van der Waals surface area contributed by atoms with Gasteiger partial charge in [-0.2, -0.15) is 23.5 Å². The van der Waals surface area contributed by atoms with E-state index in [9.17, 15) is 18.0 Å². The Labute approximate surface area is 84.2 Å². The van der Waals surface area contributed by atoms with Crippen LogP contribution in [0.5, 0.6) is 0 Å². The number of alkyl halides is 3. The molecule has 4 nitrogen and oxygen atoms in total. The molecule has 0 unspecified atom stereocenters. The topological polar surface area (TPSA) is 58.7 Å². The van der Waals surface area contributed by atoms with Crippen molar-refractivity contribution in [1.82, 2.24) is 8.76 Å². The van der Waals surface area contributed by atoms with Crippen LogP contribution in [0.4, 0.5) is 13.2 Å². The fourth-order valence-electron chi connectivity index (χ4n) is 0.837. The van der Waals surface area contributed by atoms with E-state index in [-0.39, 0.29) is 16.5 Å². The second-order valence-corrected chi connectivity index (χ2v) is 3.33. The Bertz CT molecular complexity index is 459. The summed E-state index contributed by atoms with van der Waals surface area (Å²) in [5.74, 6) is 0. The van der Waals surface area contributed by atoms with Gasteiger partial charge in [0, 0.05) is 6.07 Å². The molecular formula is C6H3AlF3N3O. The highest BCUT2D eigenvalue weighted by Crippen LogP contribution is 2.29. The quantitative estimate of drug-likeness (QED) is 0.552. The number of nitrogens with zero attached hydrogens (tertiary/aromatic N) is 3. The molecule has 1 heterocycles. The van der Waals surface area contributed by atoms with E-state index < -0.39 is 23.0 Å². The van der Waals surface area contributed by atoms with Crippen molar-refractivity contribution in [1.29, 1.82) is 5.26 Å². The van der Waals surface area contributed by atoms with Crippen LogP contribution in [0.1, 0.15) is 11.3 Å². The third kappa shape index (κ3) is 1.95. The molecule has 0 amide bonds. The Hall–Kier alpha value is -1.31. The first-order valence-electron chi connectivity index (χ1n) is 3.42. The first kappa shape index (κ1) is 10.8. The van der Waals surface area contributed by atoms with Crippen molar-refractivity contribution in [2.75, 3.05) is 0 Å². The van der Waals surface area contributed by atoms with Gasteiger partial charge >= 0.3 is 22.7 Å². The summed E-state index contributed by atoms with van der Waals surface area (Å²) in [5, 5.41) is 11.6. The highest BCUT2D eigenvalue weighted by molar-refractivity contribution is 6.05. The summed E-state index contributed by atoms with van der Waals surface area (Å²) in [6.45, 7) is 0. The van der Waals surface area contributed by atoms with Crippen molar-refractivity contribution in [3.8, 4) is 6.07 Å². The molecule has 0 fully saturated rings. The first-order chi connectivity index (χ1) is 6.36. The molecule has 0 aliphatic carbocycles. The third-order valence-corrected chi connectivity index (χ3v) is 2.14.